The first-order valence-corrected chi connectivity index (χ1v) is 5.83. The van der Waals surface area contributed by atoms with Crippen molar-refractivity contribution in [1.82, 2.24) is 10.3 Å². The van der Waals surface area contributed by atoms with Crippen molar-refractivity contribution in [1.29, 1.82) is 0 Å². The number of rotatable bonds is 4. The van der Waals surface area contributed by atoms with E-state index in [0.717, 1.165) is 19.5 Å². The summed E-state index contributed by atoms with van der Waals surface area (Å²) in [5.41, 5.74) is 0.0686. The van der Waals surface area contributed by atoms with Crippen LogP contribution in [0.1, 0.15) is 19.3 Å². The van der Waals surface area contributed by atoms with E-state index in [1.807, 2.05) is 0 Å². The molecular weight excluding hydrogens is 220 g/mol. The van der Waals surface area contributed by atoms with E-state index in [-0.39, 0.29) is 5.69 Å². The summed E-state index contributed by atoms with van der Waals surface area (Å²) in [5, 5.41) is 17.1. The summed E-state index contributed by atoms with van der Waals surface area (Å²) >= 11 is 0. The standard InChI is InChI=1S/C11H16N4O2/c16-15(17)10-4-6-13-11(7-10)14-8-9-3-1-2-5-12-9/h4,6-7,9,12H,1-3,5,8H2,(H,13,14). The first-order valence-electron chi connectivity index (χ1n) is 5.83. The van der Waals surface area contributed by atoms with E-state index in [4.69, 9.17) is 0 Å². The van der Waals surface area contributed by atoms with Gasteiger partial charge in [0.1, 0.15) is 5.82 Å². The monoisotopic (exact) mass is 236 g/mol. The molecule has 1 unspecified atom stereocenters. The van der Waals surface area contributed by atoms with E-state index >= 15 is 0 Å². The largest absolute Gasteiger partial charge is 0.368 e. The van der Waals surface area contributed by atoms with E-state index in [9.17, 15) is 10.1 Å². The molecule has 1 aliphatic heterocycles. The minimum Gasteiger partial charge on any atom is -0.368 e. The molecule has 2 rings (SSSR count). The quantitative estimate of drug-likeness (QED) is 0.612. The van der Waals surface area contributed by atoms with Gasteiger partial charge in [-0.25, -0.2) is 4.98 Å². The number of nitro groups is 1. The Labute approximate surface area is 99.6 Å². The van der Waals surface area contributed by atoms with Crippen molar-refractivity contribution in [2.75, 3.05) is 18.4 Å². The summed E-state index contributed by atoms with van der Waals surface area (Å²) in [7, 11) is 0. The molecule has 6 nitrogen and oxygen atoms in total. The minimum atomic E-state index is -0.411. The Morgan fingerprint density at radius 2 is 2.47 bits per heavy atom. The van der Waals surface area contributed by atoms with Crippen LogP contribution < -0.4 is 10.6 Å². The highest BCUT2D eigenvalue weighted by Gasteiger charge is 2.13. The van der Waals surface area contributed by atoms with E-state index in [1.165, 1.54) is 31.2 Å². The van der Waals surface area contributed by atoms with Gasteiger partial charge >= 0.3 is 0 Å². The third-order valence-corrected chi connectivity index (χ3v) is 2.90. The molecule has 0 aliphatic carbocycles. The second kappa shape index (κ2) is 5.58. The van der Waals surface area contributed by atoms with Crippen LogP contribution in [-0.2, 0) is 0 Å². The van der Waals surface area contributed by atoms with Gasteiger partial charge in [-0.1, -0.05) is 6.42 Å². The zero-order valence-electron chi connectivity index (χ0n) is 9.56. The van der Waals surface area contributed by atoms with Crippen LogP contribution in [0.25, 0.3) is 0 Å². The van der Waals surface area contributed by atoms with Crippen molar-refractivity contribution < 1.29 is 4.92 Å². The van der Waals surface area contributed by atoms with Crippen molar-refractivity contribution in [3.8, 4) is 0 Å². The van der Waals surface area contributed by atoms with Crippen LogP contribution >= 0.6 is 0 Å². The highest BCUT2D eigenvalue weighted by molar-refractivity contribution is 5.44. The average Bonchev–Trinajstić information content (AvgIpc) is 2.38. The SMILES string of the molecule is O=[N+]([O-])c1ccnc(NCC2CCCCN2)c1. The van der Waals surface area contributed by atoms with Crippen molar-refractivity contribution in [3.05, 3.63) is 28.4 Å². The van der Waals surface area contributed by atoms with Gasteiger partial charge in [-0.3, -0.25) is 10.1 Å². The second-order valence-corrected chi connectivity index (χ2v) is 4.18. The molecule has 0 saturated carbocycles. The fourth-order valence-corrected chi connectivity index (χ4v) is 1.96. The molecule has 0 bridgehead atoms. The molecule has 1 atom stereocenters. The smallest absolute Gasteiger partial charge is 0.274 e. The third-order valence-electron chi connectivity index (χ3n) is 2.90. The lowest BCUT2D eigenvalue weighted by Gasteiger charge is -2.23. The number of aromatic nitrogens is 1. The lowest BCUT2D eigenvalue weighted by Crippen LogP contribution is -2.39. The minimum absolute atomic E-state index is 0.0686. The lowest BCUT2D eigenvalue weighted by molar-refractivity contribution is -0.384. The number of nitrogens with one attached hydrogen (secondary N) is 2. The fraction of sp³-hybridized carbons (Fsp3) is 0.545. The maximum Gasteiger partial charge on any atom is 0.274 e. The van der Waals surface area contributed by atoms with E-state index in [2.05, 4.69) is 15.6 Å². The summed E-state index contributed by atoms with van der Waals surface area (Å²) in [6, 6.07) is 3.29. The van der Waals surface area contributed by atoms with Crippen LogP contribution in [0, 0.1) is 10.1 Å². The lowest BCUT2D eigenvalue weighted by atomic mass is 10.1. The molecule has 0 amide bonds. The molecule has 1 aromatic heterocycles. The number of anilines is 1. The van der Waals surface area contributed by atoms with E-state index in [1.54, 1.807) is 0 Å². The predicted octanol–water partition coefficient (Wildman–Crippen LogP) is 1.54. The molecular formula is C11H16N4O2. The van der Waals surface area contributed by atoms with Gasteiger partial charge < -0.3 is 10.6 Å². The molecule has 92 valence electrons. The Morgan fingerprint density at radius 3 is 3.18 bits per heavy atom. The van der Waals surface area contributed by atoms with Crippen molar-refractivity contribution >= 4 is 11.5 Å². The van der Waals surface area contributed by atoms with Crippen LogP contribution in [0.5, 0.6) is 0 Å². The first kappa shape index (κ1) is 11.8. The van der Waals surface area contributed by atoms with Gasteiger partial charge in [0.25, 0.3) is 5.69 Å². The maximum atomic E-state index is 10.6. The molecule has 0 radical (unpaired) electrons. The second-order valence-electron chi connectivity index (χ2n) is 4.18. The van der Waals surface area contributed by atoms with Crippen LogP contribution in [0.3, 0.4) is 0 Å². The molecule has 1 fully saturated rings. The number of nitrogens with zero attached hydrogens (tertiary/aromatic N) is 2. The van der Waals surface area contributed by atoms with Crippen molar-refractivity contribution in [2.24, 2.45) is 0 Å². The highest BCUT2D eigenvalue weighted by Crippen LogP contribution is 2.14. The van der Waals surface area contributed by atoms with Gasteiger partial charge in [-0.15, -0.1) is 0 Å². The fourth-order valence-electron chi connectivity index (χ4n) is 1.96. The molecule has 1 aromatic rings. The summed E-state index contributed by atoms with van der Waals surface area (Å²) in [6.07, 6.45) is 5.06. The van der Waals surface area contributed by atoms with Gasteiger partial charge in [-0.2, -0.15) is 0 Å². The van der Waals surface area contributed by atoms with E-state index in [0.29, 0.717) is 11.9 Å². The number of piperidine rings is 1. The molecule has 2 heterocycles. The first-order chi connectivity index (χ1) is 8.25. The van der Waals surface area contributed by atoms with E-state index < -0.39 is 4.92 Å². The number of hydrogen-bond donors (Lipinski definition) is 2. The molecule has 1 saturated heterocycles. The van der Waals surface area contributed by atoms with Crippen LogP contribution in [0.2, 0.25) is 0 Å². The van der Waals surface area contributed by atoms with Gasteiger partial charge in [0.05, 0.1) is 11.0 Å². The normalized spacial score (nSPS) is 19.9. The van der Waals surface area contributed by atoms with Gasteiger partial charge in [-0.05, 0) is 19.4 Å². The topological polar surface area (TPSA) is 80.1 Å². The van der Waals surface area contributed by atoms with Crippen molar-refractivity contribution in [3.63, 3.8) is 0 Å². The Morgan fingerprint density at radius 1 is 1.59 bits per heavy atom. The molecule has 0 aromatic carbocycles. The summed E-state index contributed by atoms with van der Waals surface area (Å²) in [4.78, 5) is 14.2. The van der Waals surface area contributed by atoms with Crippen LogP contribution in [0.15, 0.2) is 18.3 Å². The predicted molar refractivity (Wildman–Crippen MR) is 65.0 cm³/mol. The zero-order valence-corrected chi connectivity index (χ0v) is 9.56. The number of pyridine rings is 1. The Balaban J connectivity index is 1.89. The molecule has 17 heavy (non-hydrogen) atoms. The Kier molecular flexibility index (Phi) is 3.87. The molecule has 1 aliphatic rings. The average molecular weight is 236 g/mol. The Bertz CT molecular complexity index is 391. The number of hydrogen-bond acceptors (Lipinski definition) is 5. The molecule has 6 heteroatoms. The Hall–Kier alpha value is -1.69. The zero-order chi connectivity index (χ0) is 12.1. The summed E-state index contributed by atoms with van der Waals surface area (Å²) < 4.78 is 0. The summed E-state index contributed by atoms with van der Waals surface area (Å²) in [5.74, 6) is 0.562. The third kappa shape index (κ3) is 3.39. The van der Waals surface area contributed by atoms with Crippen molar-refractivity contribution in [2.45, 2.75) is 25.3 Å². The van der Waals surface area contributed by atoms with Gasteiger partial charge in [0.15, 0.2) is 0 Å². The van der Waals surface area contributed by atoms with Crippen LogP contribution in [-0.4, -0.2) is 29.0 Å². The van der Waals surface area contributed by atoms with Crippen LogP contribution in [0.4, 0.5) is 11.5 Å². The summed E-state index contributed by atoms with van der Waals surface area (Å²) in [6.45, 7) is 1.81. The van der Waals surface area contributed by atoms with Gasteiger partial charge in [0, 0.05) is 24.8 Å². The maximum absolute atomic E-state index is 10.6. The van der Waals surface area contributed by atoms with Gasteiger partial charge in [0.2, 0.25) is 0 Å². The molecule has 0 spiro atoms. The molecule has 2 N–H and O–H groups in total. The highest BCUT2D eigenvalue weighted by atomic mass is 16.6.